The first-order chi connectivity index (χ1) is 30.5. The van der Waals surface area contributed by atoms with Crippen molar-refractivity contribution in [3.05, 3.63) is 65.4 Å². The molecule has 3 aliphatic heterocycles. The van der Waals surface area contributed by atoms with Crippen molar-refractivity contribution >= 4 is 52.0 Å². The number of hydrogen-bond acceptors (Lipinski definition) is 12. The Labute approximate surface area is 378 Å². The Bertz CT molecular complexity index is 2430. The van der Waals surface area contributed by atoms with Crippen molar-refractivity contribution in [2.24, 2.45) is 17.3 Å². The van der Waals surface area contributed by atoms with E-state index in [0.29, 0.717) is 56.1 Å². The summed E-state index contributed by atoms with van der Waals surface area (Å²) >= 11 is 1.15. The number of amides is 4. The highest BCUT2D eigenvalue weighted by molar-refractivity contribution is 7.05. The van der Waals surface area contributed by atoms with Crippen molar-refractivity contribution < 1.29 is 33.4 Å². The molecule has 5 atom stereocenters. The number of methoxy groups -OCH3 is 1. The van der Waals surface area contributed by atoms with Crippen molar-refractivity contribution in [1.82, 2.24) is 44.5 Å². The molecule has 64 heavy (non-hydrogen) atoms. The molecular formula is C47H61N9O7S. The van der Waals surface area contributed by atoms with E-state index in [4.69, 9.17) is 23.8 Å². The number of aromatic nitrogens is 4. The third-order valence-electron chi connectivity index (χ3n) is 12.7. The number of nitrogens with zero attached hydrogens (tertiary/aromatic N) is 7. The molecule has 342 valence electrons. The minimum absolute atomic E-state index is 0.0127. The summed E-state index contributed by atoms with van der Waals surface area (Å²) in [6, 6.07) is 7.36. The number of nitrogens with one attached hydrogen (secondary N) is 2. The molecule has 1 aromatic carbocycles. The Morgan fingerprint density at radius 1 is 1.16 bits per heavy atom. The molecule has 0 radical (unpaired) electrons. The van der Waals surface area contributed by atoms with Crippen LogP contribution in [0, 0.1) is 17.3 Å². The summed E-state index contributed by atoms with van der Waals surface area (Å²) in [5, 5.41) is 5.91. The molecule has 17 heteroatoms. The third kappa shape index (κ3) is 9.47. The largest absolute Gasteiger partial charge is 0.464 e. The zero-order chi connectivity index (χ0) is 46.0. The van der Waals surface area contributed by atoms with Crippen LogP contribution >= 0.6 is 11.5 Å². The Balaban J connectivity index is 1.27. The van der Waals surface area contributed by atoms with E-state index in [1.165, 1.54) is 16.0 Å². The number of hydrazine groups is 1. The number of carbonyl (C=O) groups excluding carboxylic acids is 5. The molecule has 2 saturated heterocycles. The topological polar surface area (TPSA) is 181 Å². The van der Waals surface area contributed by atoms with Gasteiger partial charge in [-0.15, -0.1) is 0 Å². The van der Waals surface area contributed by atoms with Gasteiger partial charge in [0.15, 0.2) is 5.82 Å². The third-order valence-corrected chi connectivity index (χ3v) is 13.5. The van der Waals surface area contributed by atoms with Gasteiger partial charge in [0.1, 0.15) is 23.1 Å². The van der Waals surface area contributed by atoms with E-state index in [1.54, 1.807) is 25.3 Å². The van der Waals surface area contributed by atoms with Crippen LogP contribution in [0.15, 0.2) is 49.2 Å². The number of pyridine rings is 1. The van der Waals surface area contributed by atoms with Gasteiger partial charge in [-0.25, -0.2) is 10.4 Å². The van der Waals surface area contributed by atoms with Crippen molar-refractivity contribution in [1.29, 1.82) is 0 Å². The fourth-order valence-electron chi connectivity index (χ4n) is 9.36. The summed E-state index contributed by atoms with van der Waals surface area (Å²) in [5.41, 5.74) is 8.26. The highest BCUT2D eigenvalue weighted by Crippen LogP contribution is 2.42. The Morgan fingerprint density at radius 2 is 1.94 bits per heavy atom. The molecule has 0 aliphatic carbocycles. The van der Waals surface area contributed by atoms with Crippen LogP contribution in [0.25, 0.3) is 33.5 Å². The smallest absolute Gasteiger partial charge is 0.324 e. The summed E-state index contributed by atoms with van der Waals surface area (Å²) in [7, 11) is 3.27. The number of hydrogen-bond donors (Lipinski definition) is 2. The van der Waals surface area contributed by atoms with Crippen LogP contribution in [-0.4, -0.2) is 122 Å². The monoisotopic (exact) mass is 895 g/mol. The lowest BCUT2D eigenvalue weighted by molar-refractivity contribution is -0.155. The van der Waals surface area contributed by atoms with E-state index < -0.39 is 47.2 Å². The lowest BCUT2D eigenvalue weighted by atomic mass is 9.84. The number of fused-ring (bicyclic) bond motifs is 6. The summed E-state index contributed by atoms with van der Waals surface area (Å²) in [5.74, 6) is -2.24. The van der Waals surface area contributed by atoms with Crippen LogP contribution in [0.5, 0.6) is 0 Å². The molecule has 0 spiro atoms. The number of rotatable bonds is 10. The van der Waals surface area contributed by atoms with E-state index in [9.17, 15) is 24.0 Å². The maximum absolute atomic E-state index is 14.6. The van der Waals surface area contributed by atoms with Crippen molar-refractivity contribution in [3.63, 3.8) is 0 Å². The van der Waals surface area contributed by atoms with Crippen molar-refractivity contribution in [3.8, 4) is 22.6 Å². The second kappa shape index (κ2) is 19.3. The zero-order valence-corrected chi connectivity index (χ0v) is 39.0. The normalized spacial score (nSPS) is 21.3. The summed E-state index contributed by atoms with van der Waals surface area (Å²) in [4.78, 5) is 81.7. The molecule has 0 saturated carbocycles. The van der Waals surface area contributed by atoms with Gasteiger partial charge in [0.25, 0.3) is 5.91 Å². The molecule has 4 amide bonds. The molecule has 3 aromatic heterocycles. The molecule has 7 rings (SSSR count). The lowest BCUT2D eigenvalue weighted by Crippen LogP contribution is -2.62. The van der Waals surface area contributed by atoms with Crippen LogP contribution in [0.2, 0.25) is 0 Å². The zero-order valence-electron chi connectivity index (χ0n) is 38.2. The molecule has 1 unspecified atom stereocenters. The number of likely N-dealkylation sites (N-methyl/N-ethyl adjacent to an activating group) is 1. The highest BCUT2D eigenvalue weighted by Gasteiger charge is 2.40. The maximum Gasteiger partial charge on any atom is 0.324 e. The fraction of sp³-hybridized carbons (Fsp3) is 0.532. The number of benzene rings is 1. The van der Waals surface area contributed by atoms with Crippen LogP contribution in [-0.2, 0) is 52.8 Å². The first kappa shape index (κ1) is 46.5. The molecule has 16 nitrogen and oxygen atoms in total. The number of aryl methyl sites for hydroxylation is 1. The minimum atomic E-state index is -1.12. The molecule has 4 aromatic rings. The van der Waals surface area contributed by atoms with Gasteiger partial charge < -0.3 is 29.2 Å². The summed E-state index contributed by atoms with van der Waals surface area (Å²) in [6.07, 6.45) is 4.77. The standard InChI is InChI=1S/C47H61N9O7S/c1-10-38(57)54-21-18-30(25-54)44(59)53(8)40(27(3)4)43(58)49-35-23-37-50-42(52-64-37)29-16-17-36-32(22-29)33(41(55(36)11-2)31-14-12-19-48-39(31)28(5)62-9)24-47(6,7)26-63-46(61)34-15-13-20-56(51-34)45(35)60/h10,12,14,16-17,19,22,27-28,30,34-35,40,51H,1,11,13,15,18,20-21,23-26H2,2-9H3,(H,49,58)/t28-,30-,34-,35-,40?/m0/s1. The van der Waals surface area contributed by atoms with Gasteiger partial charge in [-0.2, -0.15) is 4.37 Å². The van der Waals surface area contributed by atoms with Gasteiger partial charge in [-0.3, -0.25) is 34.0 Å². The van der Waals surface area contributed by atoms with Gasteiger partial charge in [-0.05, 0) is 99.0 Å². The van der Waals surface area contributed by atoms with E-state index in [-0.39, 0.29) is 43.4 Å². The van der Waals surface area contributed by atoms with E-state index in [2.05, 4.69) is 60.9 Å². The number of carbonyl (C=O) groups is 5. The second-order valence-corrected chi connectivity index (χ2v) is 19.1. The highest BCUT2D eigenvalue weighted by atomic mass is 32.1. The SMILES string of the molecule is C=CC(=O)N1CC[C@H](C(=O)N(C)C(C(=O)N[C@H]2Cc3nc(ns3)-c3ccc4c(c3)c(c(-c3cccnc3[C@H](C)OC)n4CC)CC(C)(C)COC(=O)[C@@H]3CCCN(N3)C2=O)C(C)C)C1. The molecular weight excluding hydrogens is 835 g/mol. The van der Waals surface area contributed by atoms with Crippen LogP contribution in [0.1, 0.15) is 83.2 Å². The van der Waals surface area contributed by atoms with E-state index in [0.717, 1.165) is 50.5 Å². The average molecular weight is 896 g/mol. The van der Waals surface area contributed by atoms with Crippen LogP contribution < -0.4 is 10.7 Å². The number of likely N-dealkylation sites (tertiary alicyclic amines) is 1. The van der Waals surface area contributed by atoms with Gasteiger partial charge in [-0.1, -0.05) is 34.3 Å². The molecule has 3 aliphatic rings. The maximum atomic E-state index is 14.6. The Hall–Kier alpha value is -5.52. The second-order valence-electron chi connectivity index (χ2n) is 18.3. The summed E-state index contributed by atoms with van der Waals surface area (Å²) in [6.45, 7) is 17.3. The minimum Gasteiger partial charge on any atom is -0.464 e. The first-order valence-electron chi connectivity index (χ1n) is 22.2. The van der Waals surface area contributed by atoms with Gasteiger partial charge >= 0.3 is 5.97 Å². The number of cyclic esters (lactones) is 1. The fourth-order valence-corrected chi connectivity index (χ4v) is 10.1. The Morgan fingerprint density at radius 3 is 2.66 bits per heavy atom. The number of ether oxygens (including phenoxy) is 2. The number of esters is 1. The van der Waals surface area contributed by atoms with E-state index >= 15 is 0 Å². The molecule has 2 fully saturated rings. The van der Waals surface area contributed by atoms with Crippen molar-refractivity contribution in [2.45, 2.75) is 104 Å². The predicted molar refractivity (Wildman–Crippen MR) is 243 cm³/mol. The Kier molecular flexibility index (Phi) is 14.0. The average Bonchev–Trinajstić information content (AvgIpc) is 4.05. The first-order valence-corrected chi connectivity index (χ1v) is 23.0. The quantitative estimate of drug-likeness (QED) is 0.160. The van der Waals surface area contributed by atoms with E-state index in [1.807, 2.05) is 32.9 Å². The predicted octanol–water partition coefficient (Wildman–Crippen LogP) is 5.12. The summed E-state index contributed by atoms with van der Waals surface area (Å²) < 4.78 is 19.0. The van der Waals surface area contributed by atoms with Gasteiger partial charge in [0, 0.05) is 80.4 Å². The van der Waals surface area contributed by atoms with Crippen LogP contribution in [0.3, 0.4) is 0 Å². The van der Waals surface area contributed by atoms with Crippen molar-refractivity contribution in [2.75, 3.05) is 40.4 Å². The van der Waals surface area contributed by atoms with Gasteiger partial charge in [0.05, 0.1) is 30.0 Å². The molecule has 6 heterocycles. The molecule has 2 N–H and O–H groups in total. The molecule has 6 bridgehead atoms. The van der Waals surface area contributed by atoms with Crippen LogP contribution in [0.4, 0.5) is 0 Å². The lowest BCUT2D eigenvalue weighted by Gasteiger charge is -2.36. The van der Waals surface area contributed by atoms with Gasteiger partial charge in [0.2, 0.25) is 17.7 Å².